The molecule has 0 aromatic carbocycles. The molecule has 0 spiro atoms. The van der Waals surface area contributed by atoms with E-state index in [4.69, 9.17) is 0 Å². The van der Waals surface area contributed by atoms with E-state index >= 15 is 0 Å². The second-order valence-corrected chi connectivity index (χ2v) is 4.76. The third-order valence-corrected chi connectivity index (χ3v) is 2.98. The van der Waals surface area contributed by atoms with Gasteiger partial charge in [0.05, 0.1) is 0 Å². The number of hydrogen-bond donors (Lipinski definition) is 1. The van der Waals surface area contributed by atoms with E-state index in [9.17, 15) is 0 Å². The van der Waals surface area contributed by atoms with Crippen molar-refractivity contribution in [1.29, 1.82) is 0 Å². The van der Waals surface area contributed by atoms with Crippen molar-refractivity contribution in [1.82, 2.24) is 5.32 Å². The monoisotopic (exact) mass is 215 g/mol. The topological polar surface area (TPSA) is 12.0 Å². The quantitative estimate of drug-likeness (QED) is 0.442. The van der Waals surface area contributed by atoms with Crippen LogP contribution in [-0.2, 0) is 0 Å². The van der Waals surface area contributed by atoms with Crippen molar-refractivity contribution in [3.63, 3.8) is 0 Å². The summed E-state index contributed by atoms with van der Waals surface area (Å²) in [6.07, 6.45) is 10.6. The molecule has 0 aromatic heterocycles. The van der Waals surface area contributed by atoms with Gasteiger partial charge in [-0.2, -0.15) is 11.8 Å². The molecule has 1 atom stereocenters. The maximum Gasteiger partial charge on any atom is 0.00465 e. The minimum atomic E-state index is 0.682. The molecule has 0 saturated heterocycles. The highest BCUT2D eigenvalue weighted by molar-refractivity contribution is 7.98. The van der Waals surface area contributed by atoms with Crippen LogP contribution in [0.4, 0.5) is 0 Å². The standard InChI is InChI=1S/C12H25NS/c1-4-5-6-7-8-10-13-12(2)9-11-14-3/h4,12-13H,1,5-11H2,2-3H3. The average molecular weight is 215 g/mol. The Morgan fingerprint density at radius 2 is 2.14 bits per heavy atom. The zero-order valence-electron chi connectivity index (χ0n) is 9.72. The average Bonchev–Trinajstić information content (AvgIpc) is 2.20. The lowest BCUT2D eigenvalue weighted by Crippen LogP contribution is -2.27. The summed E-state index contributed by atoms with van der Waals surface area (Å²) >= 11 is 1.93. The van der Waals surface area contributed by atoms with Crippen LogP contribution in [0.2, 0.25) is 0 Å². The summed E-state index contributed by atoms with van der Waals surface area (Å²) in [7, 11) is 0. The maximum atomic E-state index is 3.72. The number of nitrogens with one attached hydrogen (secondary N) is 1. The van der Waals surface area contributed by atoms with Gasteiger partial charge >= 0.3 is 0 Å². The Balaban J connectivity index is 3.06. The molecule has 0 radical (unpaired) electrons. The molecular formula is C12H25NS. The lowest BCUT2D eigenvalue weighted by molar-refractivity contribution is 0.514. The fourth-order valence-corrected chi connectivity index (χ4v) is 1.92. The van der Waals surface area contributed by atoms with Gasteiger partial charge in [-0.05, 0) is 51.2 Å². The highest BCUT2D eigenvalue weighted by Crippen LogP contribution is 2.02. The highest BCUT2D eigenvalue weighted by Gasteiger charge is 1.98. The molecule has 1 N–H and O–H groups in total. The Morgan fingerprint density at radius 1 is 1.36 bits per heavy atom. The second kappa shape index (κ2) is 11.1. The summed E-state index contributed by atoms with van der Waals surface area (Å²) in [5.74, 6) is 1.27. The fourth-order valence-electron chi connectivity index (χ4n) is 1.34. The number of thioether (sulfide) groups is 1. The summed E-state index contributed by atoms with van der Waals surface area (Å²) in [4.78, 5) is 0. The molecule has 0 aliphatic rings. The lowest BCUT2D eigenvalue weighted by Gasteiger charge is -2.12. The van der Waals surface area contributed by atoms with E-state index in [2.05, 4.69) is 25.1 Å². The molecule has 0 aliphatic heterocycles. The van der Waals surface area contributed by atoms with Crippen LogP contribution in [0.3, 0.4) is 0 Å². The molecule has 0 saturated carbocycles. The third kappa shape index (κ3) is 10.1. The van der Waals surface area contributed by atoms with Crippen molar-refractivity contribution in [3.05, 3.63) is 12.7 Å². The molecule has 0 aliphatic carbocycles. The lowest BCUT2D eigenvalue weighted by atomic mass is 10.2. The zero-order valence-corrected chi connectivity index (χ0v) is 10.5. The first-order chi connectivity index (χ1) is 6.81. The predicted octanol–water partition coefficient (Wildman–Crippen LogP) is 3.46. The molecule has 1 nitrogen and oxygen atoms in total. The van der Waals surface area contributed by atoms with Crippen molar-refractivity contribution in [2.45, 2.75) is 45.1 Å². The second-order valence-electron chi connectivity index (χ2n) is 3.77. The van der Waals surface area contributed by atoms with Crippen molar-refractivity contribution in [2.24, 2.45) is 0 Å². The van der Waals surface area contributed by atoms with Crippen LogP contribution in [0.5, 0.6) is 0 Å². The zero-order chi connectivity index (χ0) is 10.6. The highest BCUT2D eigenvalue weighted by atomic mass is 32.2. The van der Waals surface area contributed by atoms with Gasteiger partial charge in [-0.25, -0.2) is 0 Å². The van der Waals surface area contributed by atoms with Crippen molar-refractivity contribution in [3.8, 4) is 0 Å². The molecule has 0 amide bonds. The van der Waals surface area contributed by atoms with Crippen molar-refractivity contribution in [2.75, 3.05) is 18.6 Å². The van der Waals surface area contributed by atoms with Crippen LogP contribution in [0.25, 0.3) is 0 Å². The molecule has 1 unspecified atom stereocenters. The van der Waals surface area contributed by atoms with Gasteiger partial charge in [-0.1, -0.05) is 12.5 Å². The Bertz CT molecular complexity index is 125. The molecule has 2 heteroatoms. The van der Waals surface area contributed by atoms with Crippen LogP contribution in [0.1, 0.15) is 39.0 Å². The molecule has 0 bridgehead atoms. The summed E-state index contributed by atoms with van der Waals surface area (Å²) < 4.78 is 0. The van der Waals surface area contributed by atoms with E-state index in [1.54, 1.807) is 0 Å². The number of hydrogen-bond acceptors (Lipinski definition) is 2. The van der Waals surface area contributed by atoms with Gasteiger partial charge in [-0.15, -0.1) is 6.58 Å². The minimum absolute atomic E-state index is 0.682. The van der Waals surface area contributed by atoms with Gasteiger partial charge in [-0.3, -0.25) is 0 Å². The smallest absolute Gasteiger partial charge is 0.00465 e. The maximum absolute atomic E-state index is 3.72. The van der Waals surface area contributed by atoms with Crippen LogP contribution >= 0.6 is 11.8 Å². The van der Waals surface area contributed by atoms with Gasteiger partial charge < -0.3 is 5.32 Å². The van der Waals surface area contributed by atoms with E-state index in [0.29, 0.717) is 6.04 Å². The predicted molar refractivity (Wildman–Crippen MR) is 69.1 cm³/mol. The third-order valence-electron chi connectivity index (χ3n) is 2.33. The first-order valence-corrected chi connectivity index (χ1v) is 7.04. The normalized spacial score (nSPS) is 12.7. The van der Waals surface area contributed by atoms with Gasteiger partial charge in [0.15, 0.2) is 0 Å². The van der Waals surface area contributed by atoms with E-state index < -0.39 is 0 Å². The van der Waals surface area contributed by atoms with Crippen molar-refractivity contribution < 1.29 is 0 Å². The molecule has 84 valence electrons. The number of unbranched alkanes of at least 4 members (excludes halogenated alkanes) is 3. The van der Waals surface area contributed by atoms with Crippen LogP contribution in [0.15, 0.2) is 12.7 Å². The first kappa shape index (κ1) is 14.1. The Hall–Kier alpha value is 0.0500. The molecule has 0 fully saturated rings. The summed E-state index contributed by atoms with van der Waals surface area (Å²) in [5, 5.41) is 3.56. The Morgan fingerprint density at radius 3 is 2.79 bits per heavy atom. The number of allylic oxidation sites excluding steroid dienone is 1. The fraction of sp³-hybridized carbons (Fsp3) is 0.833. The van der Waals surface area contributed by atoms with Crippen LogP contribution in [-0.4, -0.2) is 24.6 Å². The largest absolute Gasteiger partial charge is 0.314 e. The molecule has 14 heavy (non-hydrogen) atoms. The van der Waals surface area contributed by atoms with Gasteiger partial charge in [0, 0.05) is 6.04 Å². The minimum Gasteiger partial charge on any atom is -0.314 e. The molecule has 0 aromatic rings. The summed E-state index contributed by atoms with van der Waals surface area (Å²) in [6.45, 7) is 7.17. The van der Waals surface area contributed by atoms with Crippen LogP contribution in [0, 0.1) is 0 Å². The van der Waals surface area contributed by atoms with E-state index in [-0.39, 0.29) is 0 Å². The molecule has 0 heterocycles. The Labute approximate surface area is 93.7 Å². The first-order valence-electron chi connectivity index (χ1n) is 5.64. The van der Waals surface area contributed by atoms with E-state index in [0.717, 1.165) is 0 Å². The van der Waals surface area contributed by atoms with Crippen molar-refractivity contribution >= 4 is 11.8 Å². The SMILES string of the molecule is C=CCCCCCNC(C)CCSC. The van der Waals surface area contributed by atoms with Crippen LogP contribution < -0.4 is 5.32 Å². The summed E-state index contributed by atoms with van der Waals surface area (Å²) in [5.41, 5.74) is 0. The molecular weight excluding hydrogens is 190 g/mol. The van der Waals surface area contributed by atoms with Gasteiger partial charge in [0.2, 0.25) is 0 Å². The summed E-state index contributed by atoms with van der Waals surface area (Å²) in [6, 6.07) is 0.682. The van der Waals surface area contributed by atoms with Gasteiger partial charge in [0.25, 0.3) is 0 Å². The Kier molecular flexibility index (Phi) is 11.2. The van der Waals surface area contributed by atoms with E-state index in [1.165, 1.54) is 44.4 Å². The number of rotatable bonds is 10. The van der Waals surface area contributed by atoms with E-state index in [1.807, 2.05) is 17.8 Å². The molecule has 0 rings (SSSR count). The van der Waals surface area contributed by atoms with Gasteiger partial charge in [0.1, 0.15) is 0 Å².